The highest BCUT2D eigenvalue weighted by molar-refractivity contribution is 6.59. The zero-order valence-electron chi connectivity index (χ0n) is 14.8. The van der Waals surface area contributed by atoms with E-state index in [4.69, 9.17) is 0 Å². The number of benzene rings is 2. The maximum absolute atomic E-state index is 12.8. The Bertz CT molecular complexity index is 992. The molecule has 0 bridgehead atoms. The van der Waals surface area contributed by atoms with Gasteiger partial charge in [0.15, 0.2) is 0 Å². The van der Waals surface area contributed by atoms with E-state index in [-0.39, 0.29) is 0 Å². The Morgan fingerprint density at radius 3 is 1.31 bits per heavy atom. The van der Waals surface area contributed by atoms with Gasteiger partial charge in [-0.15, -0.1) is 0 Å². The molecule has 2 aliphatic heterocycles. The first-order valence-corrected chi connectivity index (χ1v) is 8.24. The monoisotopic (exact) mass is 344 g/mol. The van der Waals surface area contributed by atoms with Gasteiger partial charge in [0.05, 0.1) is 0 Å². The van der Waals surface area contributed by atoms with Gasteiger partial charge in [-0.3, -0.25) is 29.0 Å². The van der Waals surface area contributed by atoms with Crippen molar-refractivity contribution in [1.82, 2.24) is 9.80 Å². The van der Waals surface area contributed by atoms with Gasteiger partial charge < -0.3 is 0 Å². The summed E-state index contributed by atoms with van der Waals surface area (Å²) in [5.74, 6) is -1.73. The van der Waals surface area contributed by atoms with E-state index in [1.807, 2.05) is 0 Å². The van der Waals surface area contributed by atoms with Crippen molar-refractivity contribution in [2.75, 3.05) is 14.1 Å². The van der Waals surface area contributed by atoms with Crippen LogP contribution in [0.4, 0.5) is 0 Å². The molecule has 0 spiro atoms. The average molecular weight is 344 g/mol. The first-order valence-electron chi connectivity index (χ1n) is 8.24. The normalized spacial score (nSPS) is 15.8. The molecule has 2 heterocycles. The summed E-state index contributed by atoms with van der Waals surface area (Å²) in [6, 6.07) is 3.27. The zero-order chi connectivity index (χ0) is 18.9. The van der Waals surface area contributed by atoms with Crippen molar-refractivity contribution in [1.29, 1.82) is 0 Å². The molecule has 4 rings (SSSR count). The molecule has 2 radical (unpaired) electrons. The molecule has 2 aromatic rings. The Hall–Kier alpha value is -2.89. The van der Waals surface area contributed by atoms with Crippen molar-refractivity contribution >= 4 is 59.9 Å². The molecule has 0 fully saturated rings. The van der Waals surface area contributed by atoms with Crippen LogP contribution in [-0.4, -0.2) is 62.1 Å². The standard InChI is InChI=1S/C18H14B2N2O4/c1-19-9-5-7-12-11-8(16(24)21(3)17(25)13(9)11)6-10(20-2)14(12)18(26)22(4)15(7)23/h5-6H,1-4H3. The minimum Gasteiger partial charge on any atom is -0.277 e. The molecule has 2 aromatic carbocycles. The molecule has 0 saturated heterocycles. The number of carbonyl (C=O) groups excluding carboxylic acids is 4. The highest BCUT2D eigenvalue weighted by atomic mass is 16.2. The molecule has 4 amide bonds. The molecule has 0 atom stereocenters. The number of amides is 4. The van der Waals surface area contributed by atoms with Gasteiger partial charge >= 0.3 is 0 Å². The second kappa shape index (κ2) is 5.30. The lowest BCUT2D eigenvalue weighted by Gasteiger charge is -2.32. The predicted molar refractivity (Wildman–Crippen MR) is 99.3 cm³/mol. The largest absolute Gasteiger partial charge is 0.277 e. The summed E-state index contributed by atoms with van der Waals surface area (Å²) >= 11 is 0. The smallest absolute Gasteiger partial charge is 0.261 e. The summed E-state index contributed by atoms with van der Waals surface area (Å²) in [4.78, 5) is 53.2. The molecule has 0 N–H and O–H groups in total. The number of nitrogens with zero attached hydrogens (tertiary/aromatic N) is 2. The fourth-order valence-corrected chi connectivity index (χ4v) is 3.81. The maximum atomic E-state index is 12.8. The van der Waals surface area contributed by atoms with Gasteiger partial charge in [0.2, 0.25) is 0 Å². The first-order chi connectivity index (χ1) is 12.3. The van der Waals surface area contributed by atoms with E-state index < -0.39 is 23.6 Å². The number of hydrogen-bond acceptors (Lipinski definition) is 4. The summed E-state index contributed by atoms with van der Waals surface area (Å²) in [6.07, 6.45) is 0. The lowest BCUT2D eigenvalue weighted by atomic mass is 9.64. The van der Waals surface area contributed by atoms with E-state index in [2.05, 4.69) is 0 Å². The third-order valence-corrected chi connectivity index (χ3v) is 5.19. The lowest BCUT2D eigenvalue weighted by molar-refractivity contribution is 0.0630. The van der Waals surface area contributed by atoms with Gasteiger partial charge in [0.1, 0.15) is 14.6 Å². The van der Waals surface area contributed by atoms with Gasteiger partial charge in [-0.1, -0.05) is 36.7 Å². The predicted octanol–water partition coefficient (Wildman–Crippen LogP) is 0.0466. The summed E-state index contributed by atoms with van der Waals surface area (Å²) in [5, 5.41) is 0.804. The van der Waals surface area contributed by atoms with E-state index in [0.29, 0.717) is 44.0 Å². The zero-order valence-corrected chi connectivity index (χ0v) is 14.8. The Morgan fingerprint density at radius 1 is 0.654 bits per heavy atom. The van der Waals surface area contributed by atoms with Crippen LogP contribution >= 0.6 is 0 Å². The average Bonchev–Trinajstić information content (AvgIpc) is 2.65. The van der Waals surface area contributed by atoms with Gasteiger partial charge in [-0.2, -0.15) is 0 Å². The Kier molecular flexibility index (Phi) is 3.38. The Morgan fingerprint density at radius 2 is 1.00 bits per heavy atom. The molecule has 0 saturated carbocycles. The fourth-order valence-electron chi connectivity index (χ4n) is 3.81. The van der Waals surface area contributed by atoms with Crippen LogP contribution in [0.25, 0.3) is 10.8 Å². The van der Waals surface area contributed by atoms with E-state index in [0.717, 1.165) is 9.80 Å². The molecule has 0 unspecified atom stereocenters. The molecular weight excluding hydrogens is 330 g/mol. The molecule has 0 aromatic heterocycles. The molecule has 8 heteroatoms. The lowest BCUT2D eigenvalue weighted by Crippen LogP contribution is -2.46. The van der Waals surface area contributed by atoms with Crippen LogP contribution in [0, 0.1) is 0 Å². The molecular formula is C18H14B2N2O4. The highest BCUT2D eigenvalue weighted by Crippen LogP contribution is 2.35. The number of carbonyl (C=O) groups is 4. The summed E-state index contributed by atoms with van der Waals surface area (Å²) in [5.41, 5.74) is 2.55. The van der Waals surface area contributed by atoms with Crippen LogP contribution in [0.15, 0.2) is 12.1 Å². The second-order valence-electron chi connectivity index (χ2n) is 6.44. The van der Waals surface area contributed by atoms with Gasteiger partial charge in [-0.05, 0) is 0 Å². The number of hydrogen-bond donors (Lipinski definition) is 0. The van der Waals surface area contributed by atoms with Crippen molar-refractivity contribution in [3.63, 3.8) is 0 Å². The molecule has 6 nitrogen and oxygen atoms in total. The molecule has 0 aliphatic carbocycles. The van der Waals surface area contributed by atoms with Crippen molar-refractivity contribution in [3.05, 3.63) is 34.4 Å². The molecule has 2 aliphatic rings. The quantitative estimate of drug-likeness (QED) is 0.570. The van der Waals surface area contributed by atoms with Gasteiger partial charge in [0.25, 0.3) is 23.6 Å². The molecule has 26 heavy (non-hydrogen) atoms. The first kappa shape index (κ1) is 16.6. The summed E-state index contributed by atoms with van der Waals surface area (Å²) in [7, 11) is 6.34. The number of imide groups is 2. The SMILES string of the molecule is C[B]c1cc2c3c(c([B]C)cc4c3c1C(=O)N(C)C4=O)C(=O)N(C)C2=O. The number of rotatable bonds is 2. The summed E-state index contributed by atoms with van der Waals surface area (Å²) < 4.78 is 0. The molecule has 126 valence electrons. The van der Waals surface area contributed by atoms with Crippen LogP contribution in [0.5, 0.6) is 0 Å². The fraction of sp³-hybridized carbons (Fsp3) is 0.222. The van der Waals surface area contributed by atoms with Crippen molar-refractivity contribution < 1.29 is 19.2 Å². The van der Waals surface area contributed by atoms with Crippen LogP contribution in [0.1, 0.15) is 41.4 Å². The van der Waals surface area contributed by atoms with Crippen LogP contribution < -0.4 is 10.9 Å². The topological polar surface area (TPSA) is 74.8 Å². The summed E-state index contributed by atoms with van der Waals surface area (Å²) in [6.45, 7) is 3.54. The van der Waals surface area contributed by atoms with E-state index >= 15 is 0 Å². The van der Waals surface area contributed by atoms with Crippen molar-refractivity contribution in [2.24, 2.45) is 0 Å². The van der Waals surface area contributed by atoms with Crippen LogP contribution in [0.2, 0.25) is 13.6 Å². The maximum Gasteiger partial charge on any atom is 0.261 e. The van der Waals surface area contributed by atoms with Crippen LogP contribution in [-0.2, 0) is 0 Å². The third kappa shape index (κ3) is 1.79. The van der Waals surface area contributed by atoms with Crippen molar-refractivity contribution in [3.8, 4) is 0 Å². The van der Waals surface area contributed by atoms with E-state index in [1.54, 1.807) is 40.3 Å². The minimum absolute atomic E-state index is 0.337. The Labute approximate surface area is 151 Å². The van der Waals surface area contributed by atoms with E-state index in [9.17, 15) is 19.2 Å². The van der Waals surface area contributed by atoms with E-state index in [1.165, 1.54) is 14.1 Å². The highest BCUT2D eigenvalue weighted by Gasteiger charge is 2.39. The van der Waals surface area contributed by atoms with Gasteiger partial charge in [0, 0.05) is 47.1 Å². The van der Waals surface area contributed by atoms with Crippen LogP contribution in [0.3, 0.4) is 0 Å². The van der Waals surface area contributed by atoms with Crippen molar-refractivity contribution in [2.45, 2.75) is 13.6 Å². The minimum atomic E-state index is -0.435. The Balaban J connectivity index is 2.32. The third-order valence-electron chi connectivity index (χ3n) is 5.19. The van der Waals surface area contributed by atoms with Gasteiger partial charge in [-0.25, -0.2) is 0 Å². The second-order valence-corrected chi connectivity index (χ2v) is 6.44.